The Morgan fingerprint density at radius 3 is 3.18 bits per heavy atom. The summed E-state index contributed by atoms with van der Waals surface area (Å²) < 4.78 is 0. The van der Waals surface area contributed by atoms with Crippen LogP contribution in [0.3, 0.4) is 0 Å². The van der Waals surface area contributed by atoms with Crippen LogP contribution in [0.1, 0.15) is 24.0 Å². The number of allylic oxidation sites excluding steroid dienone is 1. The molecular formula is C15H18N2. The number of nitrogens with zero attached hydrogens (tertiary/aromatic N) is 1. The molecule has 0 bridgehead atoms. The first-order chi connectivity index (χ1) is 8.36. The van der Waals surface area contributed by atoms with Crippen molar-refractivity contribution < 1.29 is 0 Å². The molecule has 0 radical (unpaired) electrons. The third kappa shape index (κ3) is 2.05. The van der Waals surface area contributed by atoms with Gasteiger partial charge >= 0.3 is 0 Å². The topological polar surface area (TPSA) is 24.9 Å². The van der Waals surface area contributed by atoms with Gasteiger partial charge in [-0.15, -0.1) is 0 Å². The van der Waals surface area contributed by atoms with Gasteiger partial charge in [-0.25, -0.2) is 0 Å². The fraction of sp³-hybridized carbons (Fsp3) is 0.400. The van der Waals surface area contributed by atoms with Gasteiger partial charge in [-0.2, -0.15) is 0 Å². The summed E-state index contributed by atoms with van der Waals surface area (Å²) >= 11 is 0. The maximum atomic E-state index is 4.29. The Balaban J connectivity index is 1.90. The molecule has 2 nitrogen and oxygen atoms in total. The SMILES string of the molecule is C=Cc1cncc(C2=C[C@@H]3CNC[C@@H]3CC2)c1. The lowest BCUT2D eigenvalue weighted by molar-refractivity contribution is 0.448. The predicted molar refractivity (Wildman–Crippen MR) is 71.4 cm³/mol. The van der Waals surface area contributed by atoms with Crippen molar-refractivity contribution in [3.8, 4) is 0 Å². The second-order valence-corrected chi connectivity index (χ2v) is 5.02. The van der Waals surface area contributed by atoms with Crippen LogP contribution in [0.4, 0.5) is 0 Å². The molecule has 2 heterocycles. The lowest BCUT2D eigenvalue weighted by atomic mass is 9.81. The third-order valence-electron chi connectivity index (χ3n) is 3.96. The van der Waals surface area contributed by atoms with Crippen molar-refractivity contribution in [2.45, 2.75) is 12.8 Å². The Labute approximate surface area is 102 Å². The summed E-state index contributed by atoms with van der Waals surface area (Å²) in [7, 11) is 0. The van der Waals surface area contributed by atoms with Gasteiger partial charge in [-0.3, -0.25) is 4.98 Å². The van der Waals surface area contributed by atoms with E-state index in [4.69, 9.17) is 0 Å². The van der Waals surface area contributed by atoms with Crippen molar-refractivity contribution >= 4 is 11.6 Å². The zero-order valence-corrected chi connectivity index (χ0v) is 10.0. The summed E-state index contributed by atoms with van der Waals surface area (Å²) in [6.45, 7) is 6.14. The van der Waals surface area contributed by atoms with Crippen LogP contribution in [0.2, 0.25) is 0 Å². The molecule has 0 spiro atoms. The molecule has 0 saturated carbocycles. The highest BCUT2D eigenvalue weighted by Crippen LogP contribution is 2.35. The van der Waals surface area contributed by atoms with Crippen LogP contribution in [-0.4, -0.2) is 18.1 Å². The average molecular weight is 226 g/mol. The van der Waals surface area contributed by atoms with E-state index in [-0.39, 0.29) is 0 Å². The van der Waals surface area contributed by atoms with Crippen LogP contribution in [0.15, 0.2) is 31.1 Å². The Bertz CT molecular complexity index is 462. The first-order valence-electron chi connectivity index (χ1n) is 6.36. The second kappa shape index (κ2) is 4.46. The van der Waals surface area contributed by atoms with E-state index in [9.17, 15) is 0 Å². The molecule has 1 saturated heterocycles. The molecule has 17 heavy (non-hydrogen) atoms. The molecule has 1 fully saturated rings. The summed E-state index contributed by atoms with van der Waals surface area (Å²) in [5, 5.41) is 3.48. The van der Waals surface area contributed by atoms with Crippen molar-refractivity contribution in [3.63, 3.8) is 0 Å². The fourth-order valence-electron chi connectivity index (χ4n) is 2.93. The smallest absolute Gasteiger partial charge is 0.0343 e. The molecule has 2 atom stereocenters. The normalized spacial score (nSPS) is 27.4. The van der Waals surface area contributed by atoms with Gasteiger partial charge in [0.1, 0.15) is 0 Å². The summed E-state index contributed by atoms with van der Waals surface area (Å²) in [4.78, 5) is 4.29. The summed E-state index contributed by atoms with van der Waals surface area (Å²) in [6.07, 6.45) is 10.6. The molecule has 1 aromatic rings. The average Bonchev–Trinajstić information content (AvgIpc) is 2.86. The number of fused-ring (bicyclic) bond motifs is 1. The zero-order valence-electron chi connectivity index (χ0n) is 10.0. The van der Waals surface area contributed by atoms with E-state index in [0.717, 1.165) is 23.9 Å². The van der Waals surface area contributed by atoms with E-state index in [1.807, 2.05) is 18.5 Å². The van der Waals surface area contributed by atoms with Crippen LogP contribution in [0.5, 0.6) is 0 Å². The molecule has 0 aromatic carbocycles. The monoisotopic (exact) mass is 226 g/mol. The molecule has 88 valence electrons. The molecule has 1 aliphatic heterocycles. The van der Waals surface area contributed by atoms with Gasteiger partial charge in [0.05, 0.1) is 0 Å². The Morgan fingerprint density at radius 1 is 1.35 bits per heavy atom. The van der Waals surface area contributed by atoms with Crippen LogP contribution < -0.4 is 5.32 Å². The van der Waals surface area contributed by atoms with Crippen molar-refractivity contribution in [2.75, 3.05) is 13.1 Å². The van der Waals surface area contributed by atoms with Gasteiger partial charge < -0.3 is 5.32 Å². The molecule has 2 aliphatic rings. The van der Waals surface area contributed by atoms with E-state index in [1.54, 1.807) is 0 Å². The van der Waals surface area contributed by atoms with Crippen molar-refractivity contribution in [3.05, 3.63) is 42.2 Å². The van der Waals surface area contributed by atoms with E-state index >= 15 is 0 Å². The lowest BCUT2D eigenvalue weighted by Crippen LogP contribution is -2.15. The standard InChI is InChI=1S/C15H18N2/c1-2-11-5-14(9-16-7-11)12-3-4-13-8-17-10-15(13)6-12/h2,5-7,9,13,15,17H,1,3-4,8,10H2/t13-,15+/m0/s1. The number of aromatic nitrogens is 1. The van der Waals surface area contributed by atoms with Crippen molar-refractivity contribution in [1.82, 2.24) is 10.3 Å². The summed E-state index contributed by atoms with van der Waals surface area (Å²) in [6, 6.07) is 2.19. The van der Waals surface area contributed by atoms with E-state index in [1.165, 1.54) is 30.5 Å². The van der Waals surface area contributed by atoms with Crippen LogP contribution in [-0.2, 0) is 0 Å². The van der Waals surface area contributed by atoms with Gasteiger partial charge in [0, 0.05) is 18.9 Å². The van der Waals surface area contributed by atoms with Gasteiger partial charge in [0.2, 0.25) is 0 Å². The molecular weight excluding hydrogens is 208 g/mol. The minimum absolute atomic E-state index is 0.728. The second-order valence-electron chi connectivity index (χ2n) is 5.02. The molecule has 1 aliphatic carbocycles. The number of hydrogen-bond donors (Lipinski definition) is 1. The van der Waals surface area contributed by atoms with Crippen LogP contribution in [0, 0.1) is 11.8 Å². The minimum Gasteiger partial charge on any atom is -0.316 e. The Kier molecular flexibility index (Phi) is 2.81. The first kappa shape index (κ1) is 10.7. The lowest BCUT2D eigenvalue weighted by Gasteiger charge is -2.23. The number of pyridine rings is 1. The first-order valence-corrected chi connectivity index (χ1v) is 6.36. The third-order valence-corrected chi connectivity index (χ3v) is 3.96. The number of nitrogens with one attached hydrogen (secondary N) is 1. The highest BCUT2D eigenvalue weighted by molar-refractivity contribution is 5.68. The minimum atomic E-state index is 0.728. The highest BCUT2D eigenvalue weighted by Gasteiger charge is 2.29. The number of hydrogen-bond acceptors (Lipinski definition) is 2. The van der Waals surface area contributed by atoms with E-state index in [0.29, 0.717) is 0 Å². The number of rotatable bonds is 2. The van der Waals surface area contributed by atoms with Crippen LogP contribution in [0.25, 0.3) is 11.6 Å². The van der Waals surface area contributed by atoms with E-state index in [2.05, 4.69) is 29.0 Å². The summed E-state index contributed by atoms with van der Waals surface area (Å²) in [5.74, 6) is 1.58. The van der Waals surface area contributed by atoms with Gasteiger partial charge in [0.15, 0.2) is 0 Å². The summed E-state index contributed by atoms with van der Waals surface area (Å²) in [5.41, 5.74) is 3.84. The maximum Gasteiger partial charge on any atom is 0.0343 e. The molecule has 0 amide bonds. The van der Waals surface area contributed by atoms with Crippen LogP contribution >= 0.6 is 0 Å². The largest absolute Gasteiger partial charge is 0.316 e. The molecule has 0 unspecified atom stereocenters. The highest BCUT2D eigenvalue weighted by atomic mass is 14.9. The molecule has 1 aromatic heterocycles. The van der Waals surface area contributed by atoms with Crippen molar-refractivity contribution in [1.29, 1.82) is 0 Å². The quantitative estimate of drug-likeness (QED) is 0.838. The Hall–Kier alpha value is -1.41. The molecule has 1 N–H and O–H groups in total. The Morgan fingerprint density at radius 2 is 2.29 bits per heavy atom. The zero-order chi connectivity index (χ0) is 11.7. The van der Waals surface area contributed by atoms with Gasteiger partial charge in [0.25, 0.3) is 0 Å². The molecule has 2 heteroatoms. The fourth-order valence-corrected chi connectivity index (χ4v) is 2.93. The van der Waals surface area contributed by atoms with Gasteiger partial charge in [-0.05, 0) is 54.0 Å². The van der Waals surface area contributed by atoms with E-state index < -0.39 is 0 Å². The maximum absolute atomic E-state index is 4.29. The predicted octanol–water partition coefficient (Wildman–Crippen LogP) is 2.74. The van der Waals surface area contributed by atoms with Gasteiger partial charge in [-0.1, -0.05) is 18.7 Å². The molecule has 3 rings (SSSR count). The van der Waals surface area contributed by atoms with Crippen molar-refractivity contribution in [2.24, 2.45) is 11.8 Å².